The highest BCUT2D eigenvalue weighted by atomic mass is 15.0. The van der Waals surface area contributed by atoms with Gasteiger partial charge >= 0.3 is 0 Å². The van der Waals surface area contributed by atoms with Gasteiger partial charge in [0.05, 0.1) is 22.9 Å². The van der Waals surface area contributed by atoms with E-state index in [-0.39, 0.29) is 6.04 Å². The molecule has 24 heavy (non-hydrogen) atoms. The van der Waals surface area contributed by atoms with E-state index in [0.29, 0.717) is 0 Å². The van der Waals surface area contributed by atoms with Crippen molar-refractivity contribution in [2.45, 2.75) is 13.0 Å². The molecule has 0 bridgehead atoms. The molecule has 1 unspecified atom stereocenters. The van der Waals surface area contributed by atoms with Gasteiger partial charge in [0.2, 0.25) is 0 Å². The van der Waals surface area contributed by atoms with Gasteiger partial charge < -0.3 is 5.73 Å². The lowest BCUT2D eigenvalue weighted by Crippen LogP contribution is -2.04. The minimum atomic E-state index is -0.000432. The Morgan fingerprint density at radius 3 is 2.75 bits per heavy atom. The van der Waals surface area contributed by atoms with Crippen LogP contribution in [-0.4, -0.2) is 19.5 Å². The molecule has 0 fully saturated rings. The Morgan fingerprint density at radius 1 is 1.04 bits per heavy atom. The average molecular weight is 315 g/mol. The van der Waals surface area contributed by atoms with Crippen LogP contribution < -0.4 is 5.73 Å². The molecule has 1 atom stereocenters. The van der Waals surface area contributed by atoms with Crippen LogP contribution in [0.25, 0.3) is 28.0 Å². The van der Waals surface area contributed by atoms with Crippen LogP contribution in [0.2, 0.25) is 0 Å². The molecule has 0 saturated carbocycles. The molecule has 2 heterocycles. The minimum absolute atomic E-state index is 0.000432. The number of benzene rings is 2. The molecule has 4 rings (SSSR count). The van der Waals surface area contributed by atoms with Crippen molar-refractivity contribution in [3.05, 3.63) is 72.9 Å². The summed E-state index contributed by atoms with van der Waals surface area (Å²) in [6.07, 6.45) is 6.97. The Balaban J connectivity index is 1.81. The topological polar surface area (TPSA) is 69.6 Å². The van der Waals surface area contributed by atoms with E-state index in [4.69, 9.17) is 5.73 Å². The van der Waals surface area contributed by atoms with Gasteiger partial charge in [0.1, 0.15) is 6.33 Å². The number of nitrogens with two attached hydrogens (primary N) is 1. The number of hydrogen-bond donors (Lipinski definition) is 1. The standard InChI is InChI=1S/C19H17N5/c1-13(20)14-5-6-19-17(10-14)23-12-24(19)16-4-2-3-15(9-16)18-11-21-7-8-22-18/h2-13H,20H2,1H3. The van der Waals surface area contributed by atoms with Gasteiger partial charge in [0, 0.05) is 29.7 Å². The first kappa shape index (κ1) is 14.5. The third-order valence-electron chi connectivity index (χ3n) is 4.08. The molecule has 4 aromatic rings. The second-order valence-electron chi connectivity index (χ2n) is 5.79. The third-order valence-corrected chi connectivity index (χ3v) is 4.08. The molecule has 118 valence electrons. The van der Waals surface area contributed by atoms with E-state index in [1.807, 2.05) is 31.5 Å². The molecule has 2 N–H and O–H groups in total. The van der Waals surface area contributed by atoms with E-state index in [1.54, 1.807) is 18.6 Å². The van der Waals surface area contributed by atoms with Crippen molar-refractivity contribution in [2.75, 3.05) is 0 Å². The molecular formula is C19H17N5. The average Bonchev–Trinajstić information content (AvgIpc) is 3.06. The van der Waals surface area contributed by atoms with E-state index in [1.165, 1.54) is 0 Å². The van der Waals surface area contributed by atoms with Crippen molar-refractivity contribution in [1.82, 2.24) is 19.5 Å². The summed E-state index contributed by atoms with van der Waals surface area (Å²) >= 11 is 0. The van der Waals surface area contributed by atoms with Crippen LogP contribution in [0.3, 0.4) is 0 Å². The maximum Gasteiger partial charge on any atom is 0.100 e. The van der Waals surface area contributed by atoms with Gasteiger partial charge in [-0.1, -0.05) is 18.2 Å². The number of imidazole rings is 1. The van der Waals surface area contributed by atoms with Gasteiger partial charge in [0.25, 0.3) is 0 Å². The van der Waals surface area contributed by atoms with Crippen LogP contribution in [0, 0.1) is 0 Å². The van der Waals surface area contributed by atoms with Gasteiger partial charge in [-0.3, -0.25) is 14.5 Å². The number of nitrogens with zero attached hydrogens (tertiary/aromatic N) is 4. The summed E-state index contributed by atoms with van der Waals surface area (Å²) < 4.78 is 2.07. The lowest BCUT2D eigenvalue weighted by atomic mass is 10.1. The first-order valence-corrected chi connectivity index (χ1v) is 7.82. The molecule has 0 aliphatic heterocycles. The van der Waals surface area contributed by atoms with E-state index < -0.39 is 0 Å². The summed E-state index contributed by atoms with van der Waals surface area (Å²) in [5, 5.41) is 0. The summed E-state index contributed by atoms with van der Waals surface area (Å²) in [4.78, 5) is 13.0. The molecule has 5 nitrogen and oxygen atoms in total. The molecule has 0 amide bonds. The molecule has 5 heteroatoms. The third kappa shape index (κ3) is 2.55. The molecule has 0 radical (unpaired) electrons. The number of rotatable bonds is 3. The fraction of sp³-hybridized carbons (Fsp3) is 0.105. The monoisotopic (exact) mass is 315 g/mol. The van der Waals surface area contributed by atoms with Gasteiger partial charge in [-0.15, -0.1) is 0 Å². The molecule has 0 spiro atoms. The number of hydrogen-bond acceptors (Lipinski definition) is 4. The zero-order valence-corrected chi connectivity index (χ0v) is 13.3. The fourth-order valence-electron chi connectivity index (χ4n) is 2.78. The zero-order chi connectivity index (χ0) is 16.5. The van der Waals surface area contributed by atoms with Crippen LogP contribution in [-0.2, 0) is 0 Å². The molecule has 2 aromatic carbocycles. The first-order chi connectivity index (χ1) is 11.7. The lowest BCUT2D eigenvalue weighted by molar-refractivity contribution is 0.819. The quantitative estimate of drug-likeness (QED) is 0.628. The Bertz CT molecular complexity index is 989. The van der Waals surface area contributed by atoms with Crippen LogP contribution in [0.4, 0.5) is 0 Å². The highest BCUT2D eigenvalue weighted by Crippen LogP contribution is 2.24. The Labute approximate surface area is 139 Å². The molecular weight excluding hydrogens is 298 g/mol. The molecule has 0 aliphatic rings. The smallest absolute Gasteiger partial charge is 0.100 e. The van der Waals surface area contributed by atoms with E-state index in [2.05, 4.69) is 43.8 Å². The predicted octanol–water partition coefficient (Wildman–Crippen LogP) is 3.50. The van der Waals surface area contributed by atoms with Gasteiger partial charge in [-0.2, -0.15) is 0 Å². The summed E-state index contributed by atoms with van der Waals surface area (Å²) in [7, 11) is 0. The van der Waals surface area contributed by atoms with Gasteiger partial charge in [0.15, 0.2) is 0 Å². The van der Waals surface area contributed by atoms with Crippen LogP contribution >= 0.6 is 0 Å². The lowest BCUT2D eigenvalue weighted by Gasteiger charge is -2.08. The molecule has 0 saturated heterocycles. The minimum Gasteiger partial charge on any atom is -0.324 e. The van der Waals surface area contributed by atoms with Crippen molar-refractivity contribution in [2.24, 2.45) is 5.73 Å². The van der Waals surface area contributed by atoms with Crippen molar-refractivity contribution in [3.63, 3.8) is 0 Å². The normalized spacial score (nSPS) is 12.4. The van der Waals surface area contributed by atoms with Gasteiger partial charge in [-0.05, 0) is 36.8 Å². The van der Waals surface area contributed by atoms with Gasteiger partial charge in [-0.25, -0.2) is 4.98 Å². The van der Waals surface area contributed by atoms with E-state index in [9.17, 15) is 0 Å². The van der Waals surface area contributed by atoms with Crippen molar-refractivity contribution in [3.8, 4) is 16.9 Å². The van der Waals surface area contributed by atoms with E-state index in [0.717, 1.165) is 33.5 Å². The summed E-state index contributed by atoms with van der Waals surface area (Å²) in [5.74, 6) is 0. The largest absolute Gasteiger partial charge is 0.324 e. The Kier molecular flexibility index (Phi) is 3.55. The van der Waals surface area contributed by atoms with Crippen LogP contribution in [0.1, 0.15) is 18.5 Å². The van der Waals surface area contributed by atoms with Crippen molar-refractivity contribution < 1.29 is 0 Å². The number of aromatic nitrogens is 4. The summed E-state index contributed by atoms with van der Waals surface area (Å²) in [5.41, 5.74) is 11.9. The fourth-order valence-corrected chi connectivity index (χ4v) is 2.78. The highest BCUT2D eigenvalue weighted by Gasteiger charge is 2.08. The Morgan fingerprint density at radius 2 is 1.96 bits per heavy atom. The summed E-state index contributed by atoms with van der Waals surface area (Å²) in [6, 6.07) is 14.4. The predicted molar refractivity (Wildman–Crippen MR) is 94.7 cm³/mol. The molecule has 0 aliphatic carbocycles. The number of fused-ring (bicyclic) bond motifs is 1. The first-order valence-electron chi connectivity index (χ1n) is 7.82. The maximum atomic E-state index is 5.96. The van der Waals surface area contributed by atoms with Crippen LogP contribution in [0.5, 0.6) is 0 Å². The highest BCUT2D eigenvalue weighted by molar-refractivity contribution is 5.78. The van der Waals surface area contributed by atoms with Crippen LogP contribution in [0.15, 0.2) is 67.4 Å². The Hall–Kier alpha value is -3.05. The SMILES string of the molecule is CC(N)c1ccc2c(c1)ncn2-c1cccc(-c2cnccn2)c1. The zero-order valence-electron chi connectivity index (χ0n) is 13.3. The summed E-state index contributed by atoms with van der Waals surface area (Å²) in [6.45, 7) is 1.97. The molecule has 2 aromatic heterocycles. The van der Waals surface area contributed by atoms with Crippen molar-refractivity contribution >= 4 is 11.0 Å². The van der Waals surface area contributed by atoms with E-state index >= 15 is 0 Å². The second kappa shape index (κ2) is 5.86. The second-order valence-corrected chi connectivity index (χ2v) is 5.79. The van der Waals surface area contributed by atoms with Crippen molar-refractivity contribution in [1.29, 1.82) is 0 Å². The maximum absolute atomic E-state index is 5.96.